The minimum Gasteiger partial charge on any atom is -0.363 e. The molecule has 20 heavy (non-hydrogen) atoms. The molecule has 1 aromatic rings. The third kappa shape index (κ3) is 2.38. The van der Waals surface area contributed by atoms with Crippen molar-refractivity contribution in [2.75, 3.05) is 6.61 Å². The second kappa shape index (κ2) is 4.63. The van der Waals surface area contributed by atoms with Crippen molar-refractivity contribution in [1.82, 2.24) is 0 Å². The van der Waals surface area contributed by atoms with Crippen molar-refractivity contribution >= 4 is 5.78 Å². The summed E-state index contributed by atoms with van der Waals surface area (Å²) >= 11 is 0. The number of carbonyl (C=O) groups excluding carboxylic acids is 1. The highest BCUT2D eigenvalue weighted by Gasteiger charge is 2.58. The number of Topliss-reactive ketones (excluding diaryl/α,β-unsaturated/α-hetero) is 1. The lowest BCUT2D eigenvalue weighted by Crippen LogP contribution is -2.44. The molecule has 2 aliphatic rings. The lowest BCUT2D eigenvalue weighted by molar-refractivity contribution is -0.256. The summed E-state index contributed by atoms with van der Waals surface area (Å²) in [4.78, 5) is 12.2. The SMILES string of the molecule is CC1(C)O[C@@H]2[C@@H](COC2(O)CC(=O)c2ccccc2)O1. The summed E-state index contributed by atoms with van der Waals surface area (Å²) in [7, 11) is 0. The molecular formula is C15H18O5. The number of benzene rings is 1. The zero-order valence-corrected chi connectivity index (χ0v) is 11.5. The average Bonchev–Trinajstić information content (AvgIpc) is 2.86. The molecule has 0 bridgehead atoms. The molecule has 0 aliphatic carbocycles. The molecule has 0 radical (unpaired) electrons. The van der Waals surface area contributed by atoms with Crippen LogP contribution in [-0.2, 0) is 14.2 Å². The zero-order valence-electron chi connectivity index (χ0n) is 11.5. The van der Waals surface area contributed by atoms with E-state index in [2.05, 4.69) is 0 Å². The van der Waals surface area contributed by atoms with Gasteiger partial charge in [0.15, 0.2) is 11.6 Å². The Bertz CT molecular complexity index is 512. The Labute approximate surface area is 117 Å². The van der Waals surface area contributed by atoms with Gasteiger partial charge in [-0.3, -0.25) is 4.79 Å². The number of ether oxygens (including phenoxy) is 3. The van der Waals surface area contributed by atoms with E-state index in [1.54, 1.807) is 38.1 Å². The molecule has 0 saturated carbocycles. The predicted molar refractivity (Wildman–Crippen MR) is 70.1 cm³/mol. The topological polar surface area (TPSA) is 65.0 Å². The average molecular weight is 278 g/mol. The van der Waals surface area contributed by atoms with Crippen molar-refractivity contribution in [3.63, 3.8) is 0 Å². The van der Waals surface area contributed by atoms with Crippen LogP contribution >= 0.6 is 0 Å². The van der Waals surface area contributed by atoms with Crippen LogP contribution in [0.5, 0.6) is 0 Å². The first-order valence-corrected chi connectivity index (χ1v) is 6.70. The van der Waals surface area contributed by atoms with E-state index in [-0.39, 0.29) is 24.9 Å². The molecule has 0 aromatic heterocycles. The number of ketones is 1. The number of hydrogen-bond donors (Lipinski definition) is 1. The van der Waals surface area contributed by atoms with Gasteiger partial charge in [0, 0.05) is 5.56 Å². The van der Waals surface area contributed by atoms with E-state index in [0.29, 0.717) is 5.56 Å². The van der Waals surface area contributed by atoms with Crippen molar-refractivity contribution in [3.8, 4) is 0 Å². The van der Waals surface area contributed by atoms with Crippen molar-refractivity contribution in [1.29, 1.82) is 0 Å². The van der Waals surface area contributed by atoms with Crippen LogP contribution in [0.1, 0.15) is 30.6 Å². The fraction of sp³-hybridized carbons (Fsp3) is 0.533. The number of hydrogen-bond acceptors (Lipinski definition) is 5. The van der Waals surface area contributed by atoms with Crippen molar-refractivity contribution in [2.24, 2.45) is 0 Å². The van der Waals surface area contributed by atoms with Crippen molar-refractivity contribution < 1.29 is 24.1 Å². The smallest absolute Gasteiger partial charge is 0.202 e. The normalized spacial score (nSPS) is 35.0. The van der Waals surface area contributed by atoms with Gasteiger partial charge in [0.2, 0.25) is 5.79 Å². The molecule has 2 heterocycles. The maximum atomic E-state index is 12.2. The van der Waals surface area contributed by atoms with Crippen LogP contribution in [0, 0.1) is 0 Å². The van der Waals surface area contributed by atoms with Gasteiger partial charge in [-0.05, 0) is 13.8 Å². The molecule has 2 fully saturated rings. The second-order valence-electron chi connectivity index (χ2n) is 5.72. The summed E-state index contributed by atoms with van der Waals surface area (Å²) in [5.41, 5.74) is 0.547. The van der Waals surface area contributed by atoms with E-state index < -0.39 is 17.7 Å². The van der Waals surface area contributed by atoms with Crippen LogP contribution in [0.4, 0.5) is 0 Å². The number of rotatable bonds is 3. The van der Waals surface area contributed by atoms with Crippen LogP contribution < -0.4 is 0 Å². The second-order valence-corrected chi connectivity index (χ2v) is 5.72. The zero-order chi connectivity index (χ0) is 14.4. The highest BCUT2D eigenvalue weighted by molar-refractivity contribution is 5.96. The van der Waals surface area contributed by atoms with Crippen molar-refractivity contribution in [3.05, 3.63) is 35.9 Å². The molecule has 1 unspecified atom stereocenters. The van der Waals surface area contributed by atoms with Gasteiger partial charge in [-0.1, -0.05) is 30.3 Å². The Hall–Kier alpha value is -1.27. The van der Waals surface area contributed by atoms with E-state index in [0.717, 1.165) is 0 Å². The summed E-state index contributed by atoms with van der Waals surface area (Å²) in [5, 5.41) is 10.6. The standard InChI is InChI=1S/C15H18O5/c1-14(2)19-12-9-18-15(17,13(12)20-14)8-11(16)10-6-4-3-5-7-10/h3-7,12-13,17H,8-9H2,1-2H3/t12-,13-,15?/m1/s1. The van der Waals surface area contributed by atoms with Gasteiger partial charge in [-0.15, -0.1) is 0 Å². The lowest BCUT2D eigenvalue weighted by atomic mass is 9.98. The number of fused-ring (bicyclic) bond motifs is 1. The number of carbonyl (C=O) groups is 1. The van der Waals surface area contributed by atoms with E-state index >= 15 is 0 Å². The highest BCUT2D eigenvalue weighted by atomic mass is 16.8. The molecule has 5 heteroatoms. The molecule has 1 N–H and O–H groups in total. The quantitative estimate of drug-likeness (QED) is 0.849. The third-order valence-electron chi connectivity index (χ3n) is 3.64. The molecule has 0 spiro atoms. The molecule has 2 aliphatic heterocycles. The molecule has 5 nitrogen and oxygen atoms in total. The fourth-order valence-corrected chi connectivity index (χ4v) is 2.76. The Morgan fingerprint density at radius 2 is 2.00 bits per heavy atom. The molecule has 1 aromatic carbocycles. The lowest BCUT2D eigenvalue weighted by Gasteiger charge is -2.28. The van der Waals surface area contributed by atoms with Gasteiger partial charge in [0.1, 0.15) is 12.2 Å². The largest absolute Gasteiger partial charge is 0.363 e. The van der Waals surface area contributed by atoms with Crippen LogP contribution in [0.3, 0.4) is 0 Å². The molecule has 3 rings (SSSR count). The first-order valence-electron chi connectivity index (χ1n) is 6.70. The molecule has 3 atom stereocenters. The van der Waals surface area contributed by atoms with Gasteiger partial charge in [0.25, 0.3) is 0 Å². The first-order chi connectivity index (χ1) is 9.40. The van der Waals surface area contributed by atoms with Gasteiger partial charge in [-0.2, -0.15) is 0 Å². The van der Waals surface area contributed by atoms with Crippen LogP contribution in [0.25, 0.3) is 0 Å². The first kappa shape index (κ1) is 13.7. The summed E-state index contributed by atoms with van der Waals surface area (Å²) < 4.78 is 16.7. The summed E-state index contributed by atoms with van der Waals surface area (Å²) in [5.74, 6) is -2.56. The maximum absolute atomic E-state index is 12.2. The Morgan fingerprint density at radius 3 is 2.70 bits per heavy atom. The highest BCUT2D eigenvalue weighted by Crippen LogP contribution is 2.41. The Kier molecular flexibility index (Phi) is 3.17. The summed E-state index contributed by atoms with van der Waals surface area (Å²) in [6.45, 7) is 3.79. The van der Waals surface area contributed by atoms with E-state index in [1.165, 1.54) is 0 Å². The maximum Gasteiger partial charge on any atom is 0.202 e. The predicted octanol–water partition coefficient (Wildman–Crippen LogP) is 1.50. The van der Waals surface area contributed by atoms with Gasteiger partial charge in [0.05, 0.1) is 13.0 Å². The minimum atomic E-state index is -1.62. The Morgan fingerprint density at radius 1 is 1.30 bits per heavy atom. The van der Waals surface area contributed by atoms with Gasteiger partial charge in [-0.25, -0.2) is 0 Å². The monoisotopic (exact) mass is 278 g/mol. The van der Waals surface area contributed by atoms with Gasteiger partial charge >= 0.3 is 0 Å². The summed E-state index contributed by atoms with van der Waals surface area (Å²) in [6.07, 6.45) is -1.11. The molecule has 108 valence electrons. The fourth-order valence-electron chi connectivity index (χ4n) is 2.76. The van der Waals surface area contributed by atoms with E-state index in [1.807, 2.05) is 6.07 Å². The molecule has 0 amide bonds. The van der Waals surface area contributed by atoms with Crippen LogP contribution in [0.2, 0.25) is 0 Å². The van der Waals surface area contributed by atoms with Gasteiger partial charge < -0.3 is 19.3 Å². The molecule has 2 saturated heterocycles. The van der Waals surface area contributed by atoms with Crippen molar-refractivity contribution in [2.45, 2.75) is 44.1 Å². The number of aliphatic hydroxyl groups is 1. The summed E-state index contributed by atoms with van der Waals surface area (Å²) in [6, 6.07) is 8.84. The van der Waals surface area contributed by atoms with Crippen LogP contribution in [0.15, 0.2) is 30.3 Å². The van der Waals surface area contributed by atoms with E-state index in [4.69, 9.17) is 14.2 Å². The third-order valence-corrected chi connectivity index (χ3v) is 3.64. The minimum absolute atomic E-state index is 0.141. The molecular weight excluding hydrogens is 260 g/mol. The van der Waals surface area contributed by atoms with Crippen LogP contribution in [-0.4, -0.2) is 41.3 Å². The Balaban J connectivity index is 1.75. The van der Waals surface area contributed by atoms with E-state index in [9.17, 15) is 9.90 Å².